The van der Waals surface area contributed by atoms with E-state index in [0.29, 0.717) is 0 Å². The Labute approximate surface area is 114 Å². The fraction of sp³-hybridized carbons (Fsp3) is 0.636. The molecule has 0 radical (unpaired) electrons. The number of aliphatic hydroxyl groups excluding tert-OH is 3. The third kappa shape index (κ3) is 2.75. The molecule has 0 aliphatic carbocycles. The van der Waals surface area contributed by atoms with Gasteiger partial charge in [0.25, 0.3) is 5.56 Å². The molecule has 0 unspecified atom stereocenters. The van der Waals surface area contributed by atoms with Crippen molar-refractivity contribution in [1.82, 2.24) is 9.55 Å². The molecular weight excluding hydrogens is 270 g/mol. The number of nitrogens with one attached hydrogen (secondary N) is 1. The zero-order valence-corrected chi connectivity index (χ0v) is 11.1. The monoisotopic (exact) mass is 287 g/mol. The highest BCUT2D eigenvalue weighted by atomic mass is 16.5. The van der Waals surface area contributed by atoms with Gasteiger partial charge in [0.15, 0.2) is 6.23 Å². The molecule has 0 bridgehead atoms. The Morgan fingerprint density at radius 1 is 1.45 bits per heavy atom. The fourth-order valence-corrected chi connectivity index (χ4v) is 1.85. The lowest BCUT2D eigenvalue weighted by Gasteiger charge is -2.35. The number of hydrogen-bond acceptors (Lipinski definition) is 8. The second-order valence-electron chi connectivity index (χ2n) is 4.47. The van der Waals surface area contributed by atoms with Gasteiger partial charge in [-0.1, -0.05) is 0 Å². The van der Waals surface area contributed by atoms with Crippen LogP contribution in [0.15, 0.2) is 10.9 Å². The van der Waals surface area contributed by atoms with Gasteiger partial charge in [0.2, 0.25) is 0 Å². The van der Waals surface area contributed by atoms with Gasteiger partial charge in [-0.05, 0) is 0 Å². The van der Waals surface area contributed by atoms with E-state index in [4.69, 9.17) is 9.47 Å². The Morgan fingerprint density at radius 2 is 2.15 bits per heavy atom. The summed E-state index contributed by atoms with van der Waals surface area (Å²) >= 11 is 0. The molecule has 20 heavy (non-hydrogen) atoms. The summed E-state index contributed by atoms with van der Waals surface area (Å²) < 4.78 is 11.3. The molecule has 112 valence electrons. The summed E-state index contributed by atoms with van der Waals surface area (Å²) in [6.45, 7) is -0.141. The lowest BCUT2D eigenvalue weighted by Crippen LogP contribution is -2.55. The summed E-state index contributed by atoms with van der Waals surface area (Å²) in [7, 11) is 2.88. The van der Waals surface area contributed by atoms with E-state index in [-0.39, 0.29) is 24.0 Å². The maximum absolute atomic E-state index is 11.7. The lowest BCUT2D eigenvalue weighted by molar-refractivity contribution is -0.178. The second kappa shape index (κ2) is 5.75. The molecule has 1 aromatic rings. The van der Waals surface area contributed by atoms with Crippen LogP contribution in [0.5, 0.6) is 6.01 Å². The SMILES string of the molecule is COc1nc(N[C@H]2OC[C@@H](O)[C@@H](O)[C@H]2O)cc(=O)n1C. The van der Waals surface area contributed by atoms with Gasteiger partial charge in [-0.3, -0.25) is 9.36 Å². The van der Waals surface area contributed by atoms with Crippen LogP contribution in [-0.2, 0) is 11.8 Å². The quantitative estimate of drug-likeness (QED) is 0.486. The molecular formula is C11H17N3O6. The minimum absolute atomic E-state index is 0.0888. The maximum Gasteiger partial charge on any atom is 0.300 e. The molecule has 4 atom stereocenters. The summed E-state index contributed by atoms with van der Waals surface area (Å²) in [5.41, 5.74) is -0.356. The zero-order valence-electron chi connectivity index (χ0n) is 11.1. The van der Waals surface area contributed by atoms with Crippen LogP contribution in [0.2, 0.25) is 0 Å². The van der Waals surface area contributed by atoms with Crippen LogP contribution in [0.4, 0.5) is 5.82 Å². The predicted octanol–water partition coefficient (Wildman–Crippen LogP) is -2.36. The number of rotatable bonds is 3. The standard InChI is InChI=1S/C11H17N3O6/c1-14-7(16)3-6(13-11(14)19-2)12-10-9(18)8(17)5(15)4-20-10/h3,5,8-10,12,15,17-18H,4H2,1-2H3/t5-,8-,9-,10+/m1/s1. The van der Waals surface area contributed by atoms with Crippen LogP contribution >= 0.6 is 0 Å². The third-order valence-corrected chi connectivity index (χ3v) is 3.07. The average molecular weight is 287 g/mol. The summed E-state index contributed by atoms with van der Waals surface area (Å²) in [4.78, 5) is 15.7. The molecule has 1 aliphatic rings. The van der Waals surface area contributed by atoms with E-state index in [1.165, 1.54) is 24.8 Å². The number of nitrogens with zero attached hydrogens (tertiary/aromatic N) is 2. The van der Waals surface area contributed by atoms with Crippen LogP contribution in [0.1, 0.15) is 0 Å². The highest BCUT2D eigenvalue weighted by molar-refractivity contribution is 5.35. The van der Waals surface area contributed by atoms with Crippen molar-refractivity contribution in [2.75, 3.05) is 19.0 Å². The number of aromatic nitrogens is 2. The fourth-order valence-electron chi connectivity index (χ4n) is 1.85. The highest BCUT2D eigenvalue weighted by Gasteiger charge is 2.37. The maximum atomic E-state index is 11.7. The van der Waals surface area contributed by atoms with E-state index in [0.717, 1.165) is 0 Å². The first-order valence-electron chi connectivity index (χ1n) is 5.98. The van der Waals surface area contributed by atoms with Crippen LogP contribution in [0.3, 0.4) is 0 Å². The Balaban J connectivity index is 2.18. The second-order valence-corrected chi connectivity index (χ2v) is 4.47. The topological polar surface area (TPSA) is 126 Å². The van der Waals surface area contributed by atoms with E-state index in [1.54, 1.807) is 0 Å². The summed E-state index contributed by atoms with van der Waals surface area (Å²) in [6.07, 6.45) is -4.84. The van der Waals surface area contributed by atoms with E-state index in [1.807, 2.05) is 0 Å². The molecule has 1 aliphatic heterocycles. The average Bonchev–Trinajstić information content (AvgIpc) is 2.43. The van der Waals surface area contributed by atoms with Crippen molar-refractivity contribution in [3.05, 3.63) is 16.4 Å². The smallest absolute Gasteiger partial charge is 0.300 e. The van der Waals surface area contributed by atoms with E-state index in [9.17, 15) is 20.1 Å². The van der Waals surface area contributed by atoms with Gasteiger partial charge >= 0.3 is 6.01 Å². The molecule has 0 aromatic carbocycles. The van der Waals surface area contributed by atoms with E-state index < -0.39 is 24.5 Å². The minimum atomic E-state index is -1.35. The van der Waals surface area contributed by atoms with Crippen molar-refractivity contribution in [1.29, 1.82) is 0 Å². The molecule has 0 spiro atoms. The number of ether oxygens (including phenoxy) is 2. The Morgan fingerprint density at radius 3 is 2.80 bits per heavy atom. The van der Waals surface area contributed by atoms with Gasteiger partial charge in [0.1, 0.15) is 24.1 Å². The largest absolute Gasteiger partial charge is 0.468 e. The molecule has 2 heterocycles. The molecule has 1 saturated heterocycles. The first-order chi connectivity index (χ1) is 9.43. The Kier molecular flexibility index (Phi) is 4.23. The van der Waals surface area contributed by atoms with Crippen LogP contribution in [-0.4, -0.2) is 63.1 Å². The number of hydrogen-bond donors (Lipinski definition) is 4. The Bertz CT molecular complexity index is 533. The lowest BCUT2D eigenvalue weighted by atomic mass is 10.0. The molecule has 1 fully saturated rings. The number of aliphatic hydroxyl groups is 3. The van der Waals surface area contributed by atoms with Gasteiger partial charge in [-0.25, -0.2) is 0 Å². The summed E-state index contributed by atoms with van der Waals surface area (Å²) in [5, 5.41) is 31.4. The molecule has 0 saturated carbocycles. The summed E-state index contributed by atoms with van der Waals surface area (Å²) in [5.74, 6) is 0.137. The molecule has 4 N–H and O–H groups in total. The highest BCUT2D eigenvalue weighted by Crippen LogP contribution is 2.17. The number of methoxy groups -OCH3 is 1. The van der Waals surface area contributed by atoms with Gasteiger partial charge < -0.3 is 30.1 Å². The first-order valence-corrected chi connectivity index (χ1v) is 5.98. The zero-order chi connectivity index (χ0) is 14.9. The molecule has 2 rings (SSSR count). The van der Waals surface area contributed by atoms with Gasteiger partial charge in [-0.2, -0.15) is 4.98 Å². The van der Waals surface area contributed by atoms with Gasteiger partial charge in [0, 0.05) is 13.1 Å². The molecule has 9 nitrogen and oxygen atoms in total. The van der Waals surface area contributed by atoms with Gasteiger partial charge in [0.05, 0.1) is 13.7 Å². The minimum Gasteiger partial charge on any atom is -0.468 e. The van der Waals surface area contributed by atoms with Crippen molar-refractivity contribution in [2.45, 2.75) is 24.5 Å². The number of anilines is 1. The van der Waals surface area contributed by atoms with E-state index >= 15 is 0 Å². The molecule has 0 amide bonds. The van der Waals surface area contributed by atoms with Crippen molar-refractivity contribution in [2.24, 2.45) is 7.05 Å². The van der Waals surface area contributed by atoms with Gasteiger partial charge in [-0.15, -0.1) is 0 Å². The van der Waals surface area contributed by atoms with Crippen molar-refractivity contribution < 1.29 is 24.8 Å². The van der Waals surface area contributed by atoms with Crippen molar-refractivity contribution in [3.8, 4) is 6.01 Å². The van der Waals surface area contributed by atoms with Crippen molar-refractivity contribution in [3.63, 3.8) is 0 Å². The summed E-state index contributed by atoms with van der Waals surface area (Å²) in [6, 6.07) is 1.29. The van der Waals surface area contributed by atoms with E-state index in [2.05, 4.69) is 10.3 Å². The van der Waals surface area contributed by atoms with Crippen LogP contribution in [0.25, 0.3) is 0 Å². The predicted molar refractivity (Wildman–Crippen MR) is 67.4 cm³/mol. The van der Waals surface area contributed by atoms with Crippen LogP contribution in [0, 0.1) is 0 Å². The van der Waals surface area contributed by atoms with Crippen LogP contribution < -0.4 is 15.6 Å². The Hall–Kier alpha value is -1.68. The first kappa shape index (κ1) is 14.7. The molecule has 1 aromatic heterocycles. The third-order valence-electron chi connectivity index (χ3n) is 3.07. The normalized spacial score (nSPS) is 30.1. The molecule has 9 heteroatoms. The van der Waals surface area contributed by atoms with Crippen molar-refractivity contribution >= 4 is 5.82 Å².